The van der Waals surface area contributed by atoms with E-state index in [0.29, 0.717) is 0 Å². The van der Waals surface area contributed by atoms with E-state index in [9.17, 15) is 14.4 Å². The molecule has 1 aromatic rings. The predicted octanol–water partition coefficient (Wildman–Crippen LogP) is 4.98. The summed E-state index contributed by atoms with van der Waals surface area (Å²) in [5, 5.41) is 0. The molecule has 1 fully saturated rings. The second-order valence-electron chi connectivity index (χ2n) is 10.4. The SMILES string of the molecule is CN1CC(C(=NC(=O)OC(C)(C)C)N(Cc2cccc(I)c2)C(=O)OC(C)(C)C)CN(C)C1=O. The Morgan fingerprint density at radius 2 is 1.62 bits per heavy atom. The van der Waals surface area contributed by atoms with E-state index in [2.05, 4.69) is 27.6 Å². The fourth-order valence-corrected chi connectivity index (χ4v) is 4.06. The lowest BCUT2D eigenvalue weighted by atomic mass is 10.0. The Morgan fingerprint density at radius 3 is 2.12 bits per heavy atom. The summed E-state index contributed by atoms with van der Waals surface area (Å²) in [7, 11) is 3.35. The van der Waals surface area contributed by atoms with Crippen molar-refractivity contribution < 1.29 is 23.9 Å². The first-order valence-electron chi connectivity index (χ1n) is 11.1. The molecule has 188 valence electrons. The molecule has 2 rings (SSSR count). The molecule has 0 spiro atoms. The van der Waals surface area contributed by atoms with E-state index in [0.717, 1.165) is 9.13 Å². The number of halogens is 1. The molecule has 0 atom stereocenters. The molecule has 9 nitrogen and oxygen atoms in total. The van der Waals surface area contributed by atoms with Gasteiger partial charge in [0, 0.05) is 30.8 Å². The number of nitrogens with zero attached hydrogens (tertiary/aromatic N) is 4. The number of rotatable bonds is 3. The lowest BCUT2D eigenvalue weighted by Gasteiger charge is -2.39. The lowest BCUT2D eigenvalue weighted by molar-refractivity contribution is 0.0343. The third-order valence-electron chi connectivity index (χ3n) is 4.73. The van der Waals surface area contributed by atoms with Gasteiger partial charge in [-0.2, -0.15) is 4.99 Å². The molecular formula is C24H35IN4O5. The average Bonchev–Trinajstić information content (AvgIpc) is 2.65. The molecule has 0 aliphatic carbocycles. The maximum absolute atomic E-state index is 13.4. The molecule has 0 unspecified atom stereocenters. The molecule has 1 aliphatic rings. The van der Waals surface area contributed by atoms with Crippen LogP contribution >= 0.6 is 22.6 Å². The van der Waals surface area contributed by atoms with E-state index in [1.54, 1.807) is 55.6 Å². The maximum atomic E-state index is 13.4. The zero-order valence-corrected chi connectivity index (χ0v) is 23.4. The number of urea groups is 1. The largest absolute Gasteiger partial charge is 0.443 e. The van der Waals surface area contributed by atoms with Gasteiger partial charge in [-0.05, 0) is 81.8 Å². The van der Waals surface area contributed by atoms with Gasteiger partial charge in [0.2, 0.25) is 0 Å². The van der Waals surface area contributed by atoms with Crippen molar-refractivity contribution in [3.8, 4) is 0 Å². The fourth-order valence-electron chi connectivity index (χ4n) is 3.45. The van der Waals surface area contributed by atoms with Crippen molar-refractivity contribution in [2.75, 3.05) is 27.2 Å². The minimum Gasteiger partial charge on any atom is -0.443 e. The highest BCUT2D eigenvalue weighted by Crippen LogP contribution is 2.22. The summed E-state index contributed by atoms with van der Waals surface area (Å²) >= 11 is 2.20. The quantitative estimate of drug-likeness (QED) is 0.283. The topological polar surface area (TPSA) is 91.8 Å². The number of benzene rings is 1. The van der Waals surface area contributed by atoms with Crippen LogP contribution in [0.2, 0.25) is 0 Å². The van der Waals surface area contributed by atoms with Gasteiger partial charge in [0.1, 0.15) is 17.0 Å². The summed E-state index contributed by atoms with van der Waals surface area (Å²) < 4.78 is 12.1. The average molecular weight is 586 g/mol. The fraction of sp³-hybridized carbons (Fsp3) is 0.583. The molecule has 10 heteroatoms. The molecule has 0 saturated carbocycles. The number of carbonyl (C=O) groups excluding carboxylic acids is 3. The molecule has 4 amide bonds. The van der Waals surface area contributed by atoms with E-state index in [1.807, 2.05) is 24.3 Å². The molecule has 0 N–H and O–H groups in total. The number of ether oxygens (including phenoxy) is 2. The first kappa shape index (κ1) is 27.9. The van der Waals surface area contributed by atoms with E-state index in [-0.39, 0.29) is 31.5 Å². The summed E-state index contributed by atoms with van der Waals surface area (Å²) in [5.74, 6) is -0.218. The van der Waals surface area contributed by atoms with Gasteiger partial charge in [-0.25, -0.2) is 14.4 Å². The zero-order chi connectivity index (χ0) is 25.8. The summed E-state index contributed by atoms with van der Waals surface area (Å²) in [6.07, 6.45) is -1.43. The van der Waals surface area contributed by atoms with Crippen LogP contribution < -0.4 is 0 Å². The highest BCUT2D eigenvalue weighted by molar-refractivity contribution is 14.1. The van der Waals surface area contributed by atoms with Crippen LogP contribution in [0, 0.1) is 9.49 Å². The molecule has 34 heavy (non-hydrogen) atoms. The molecule has 0 aromatic heterocycles. The number of amidine groups is 1. The molecule has 0 radical (unpaired) electrons. The molecule has 1 aromatic carbocycles. The Hall–Kier alpha value is -2.37. The van der Waals surface area contributed by atoms with Crippen LogP contribution in [-0.2, 0) is 16.0 Å². The van der Waals surface area contributed by atoms with Gasteiger partial charge in [0.15, 0.2) is 0 Å². The third kappa shape index (κ3) is 8.44. The summed E-state index contributed by atoms with van der Waals surface area (Å²) in [4.78, 5) is 47.2. The van der Waals surface area contributed by atoms with Gasteiger partial charge >= 0.3 is 18.2 Å². The Labute approximate surface area is 215 Å². The van der Waals surface area contributed by atoms with Crippen LogP contribution in [0.4, 0.5) is 14.4 Å². The van der Waals surface area contributed by atoms with E-state index in [1.165, 1.54) is 14.7 Å². The first-order chi connectivity index (χ1) is 15.6. The monoisotopic (exact) mass is 586 g/mol. The van der Waals surface area contributed by atoms with Crippen molar-refractivity contribution in [2.45, 2.75) is 59.3 Å². The Morgan fingerprint density at radius 1 is 1.06 bits per heavy atom. The van der Waals surface area contributed by atoms with Gasteiger partial charge in [-0.15, -0.1) is 0 Å². The minimum atomic E-state index is -0.805. The van der Waals surface area contributed by atoms with Crippen molar-refractivity contribution in [1.29, 1.82) is 0 Å². The van der Waals surface area contributed by atoms with Crippen molar-refractivity contribution in [2.24, 2.45) is 10.9 Å². The highest BCUT2D eigenvalue weighted by Gasteiger charge is 2.37. The number of hydrogen-bond donors (Lipinski definition) is 0. The summed E-state index contributed by atoms with van der Waals surface area (Å²) in [5.41, 5.74) is -0.662. The van der Waals surface area contributed by atoms with Crippen LogP contribution in [-0.4, -0.2) is 77.1 Å². The van der Waals surface area contributed by atoms with Crippen molar-refractivity contribution in [1.82, 2.24) is 14.7 Å². The maximum Gasteiger partial charge on any atom is 0.435 e. The Balaban J connectivity index is 2.56. The van der Waals surface area contributed by atoms with Crippen LogP contribution in [0.25, 0.3) is 0 Å². The summed E-state index contributed by atoms with van der Waals surface area (Å²) in [6.45, 7) is 11.3. The van der Waals surface area contributed by atoms with E-state index < -0.39 is 29.3 Å². The second-order valence-corrected chi connectivity index (χ2v) is 11.6. The molecule has 1 aliphatic heterocycles. The molecular weight excluding hydrogens is 551 g/mol. The predicted molar refractivity (Wildman–Crippen MR) is 139 cm³/mol. The van der Waals surface area contributed by atoms with Crippen LogP contribution in [0.5, 0.6) is 0 Å². The standard InChI is InChI=1S/C24H35IN4O5/c1-23(2,3)33-20(30)26-19(17-14-27(7)21(31)28(8)15-17)29(22(32)34-24(4,5)6)13-16-10-9-11-18(25)12-16/h9-12,17H,13-15H2,1-8H3. The van der Waals surface area contributed by atoms with E-state index >= 15 is 0 Å². The zero-order valence-electron chi connectivity index (χ0n) is 21.2. The van der Waals surface area contributed by atoms with Gasteiger partial charge < -0.3 is 19.3 Å². The number of hydrogen-bond acceptors (Lipinski definition) is 5. The molecule has 0 bridgehead atoms. The normalized spacial score (nSPS) is 15.9. The molecule has 1 saturated heterocycles. The van der Waals surface area contributed by atoms with Gasteiger partial charge in [0.05, 0.1) is 12.5 Å². The van der Waals surface area contributed by atoms with Crippen LogP contribution in [0.15, 0.2) is 29.3 Å². The van der Waals surface area contributed by atoms with Crippen molar-refractivity contribution in [3.63, 3.8) is 0 Å². The smallest absolute Gasteiger partial charge is 0.435 e. The Kier molecular flexibility index (Phi) is 8.95. The van der Waals surface area contributed by atoms with Crippen molar-refractivity contribution in [3.05, 3.63) is 33.4 Å². The second kappa shape index (κ2) is 10.9. The highest BCUT2D eigenvalue weighted by atomic mass is 127. The summed E-state index contributed by atoms with van der Waals surface area (Å²) in [6, 6.07) is 7.55. The van der Waals surface area contributed by atoms with Gasteiger partial charge in [0.25, 0.3) is 0 Å². The first-order valence-corrected chi connectivity index (χ1v) is 12.2. The lowest BCUT2D eigenvalue weighted by Crippen LogP contribution is -2.56. The van der Waals surface area contributed by atoms with E-state index in [4.69, 9.17) is 9.47 Å². The number of aliphatic imine (C=N–C) groups is 1. The van der Waals surface area contributed by atoms with Crippen LogP contribution in [0.3, 0.4) is 0 Å². The van der Waals surface area contributed by atoms with Crippen molar-refractivity contribution >= 4 is 46.6 Å². The van der Waals surface area contributed by atoms with Crippen LogP contribution in [0.1, 0.15) is 47.1 Å². The third-order valence-corrected chi connectivity index (χ3v) is 5.40. The molecule has 1 heterocycles. The number of carbonyl (C=O) groups is 3. The minimum absolute atomic E-state index is 0.144. The Bertz CT molecular complexity index is 937. The van der Waals surface area contributed by atoms with Gasteiger partial charge in [-0.3, -0.25) is 4.90 Å². The number of amides is 4. The van der Waals surface area contributed by atoms with Gasteiger partial charge in [-0.1, -0.05) is 12.1 Å².